The molecule has 0 amide bonds. The summed E-state index contributed by atoms with van der Waals surface area (Å²) in [7, 11) is 0. The van der Waals surface area contributed by atoms with Crippen molar-refractivity contribution in [2.24, 2.45) is 4.99 Å². The highest BCUT2D eigenvalue weighted by Gasteiger charge is 2.14. The predicted molar refractivity (Wildman–Crippen MR) is 155 cm³/mol. The molecular formula is C31H23Cl2N3O3. The van der Waals surface area contributed by atoms with Gasteiger partial charge in [0.25, 0.3) is 0 Å². The molecule has 0 aliphatic rings. The first kappa shape index (κ1) is 26.2. The number of hydrogen-bond acceptors (Lipinski definition) is 5. The molecule has 0 spiro atoms. The van der Waals surface area contributed by atoms with Crippen molar-refractivity contribution in [3.05, 3.63) is 124 Å². The van der Waals surface area contributed by atoms with Crippen molar-refractivity contribution in [1.82, 2.24) is 9.78 Å². The number of hydrogen-bond donors (Lipinski definition) is 0. The fourth-order valence-corrected chi connectivity index (χ4v) is 4.08. The first-order chi connectivity index (χ1) is 19.0. The van der Waals surface area contributed by atoms with Gasteiger partial charge in [0.05, 0.1) is 23.6 Å². The minimum Gasteiger partial charge on any atom is -0.490 e. The first-order valence-electron chi connectivity index (χ1n) is 12.2. The zero-order chi connectivity index (χ0) is 27.2. The van der Waals surface area contributed by atoms with Crippen molar-refractivity contribution in [3.8, 4) is 28.4 Å². The van der Waals surface area contributed by atoms with Crippen molar-refractivity contribution in [3.63, 3.8) is 0 Å². The number of para-hydroxylation sites is 1. The van der Waals surface area contributed by atoms with Crippen LogP contribution >= 0.6 is 23.2 Å². The molecule has 0 saturated carbocycles. The van der Waals surface area contributed by atoms with E-state index in [9.17, 15) is 4.79 Å². The van der Waals surface area contributed by atoms with Crippen LogP contribution in [-0.2, 0) is 0 Å². The third-order valence-corrected chi connectivity index (χ3v) is 6.23. The summed E-state index contributed by atoms with van der Waals surface area (Å²) >= 11 is 12.0. The molecule has 194 valence electrons. The Morgan fingerprint density at radius 3 is 2.26 bits per heavy atom. The number of benzene rings is 4. The van der Waals surface area contributed by atoms with Gasteiger partial charge in [-0.25, -0.2) is 14.5 Å². The summed E-state index contributed by atoms with van der Waals surface area (Å²) in [5.74, 6) is 0.883. The topological polar surface area (TPSA) is 65.7 Å². The molecule has 0 bridgehead atoms. The molecule has 0 N–H and O–H groups in total. The SMILES string of the molecule is CCOc1cc(C=Nc2cc(-c3ccc(Cl)cc3)nn2-c2ccccc2)ccc1OC(=O)c1ccc(Cl)cc1. The molecule has 0 saturated heterocycles. The Morgan fingerprint density at radius 1 is 0.872 bits per heavy atom. The molecule has 1 heterocycles. The van der Waals surface area contributed by atoms with E-state index in [0.29, 0.717) is 39.5 Å². The van der Waals surface area contributed by atoms with E-state index in [4.69, 9.17) is 42.8 Å². The summed E-state index contributed by atoms with van der Waals surface area (Å²) in [6.07, 6.45) is 1.72. The average molecular weight is 556 g/mol. The maximum absolute atomic E-state index is 12.6. The Morgan fingerprint density at radius 2 is 1.56 bits per heavy atom. The van der Waals surface area contributed by atoms with Crippen LogP contribution in [0.5, 0.6) is 11.5 Å². The second-order valence-corrected chi connectivity index (χ2v) is 9.31. The van der Waals surface area contributed by atoms with E-state index >= 15 is 0 Å². The van der Waals surface area contributed by atoms with E-state index < -0.39 is 5.97 Å². The van der Waals surface area contributed by atoms with Crippen molar-refractivity contribution < 1.29 is 14.3 Å². The number of esters is 1. The highest BCUT2D eigenvalue weighted by atomic mass is 35.5. The number of aromatic nitrogens is 2. The molecule has 39 heavy (non-hydrogen) atoms. The number of halogens is 2. The van der Waals surface area contributed by atoms with E-state index in [0.717, 1.165) is 22.5 Å². The van der Waals surface area contributed by atoms with E-state index in [2.05, 4.69) is 0 Å². The second-order valence-electron chi connectivity index (χ2n) is 8.44. The van der Waals surface area contributed by atoms with Gasteiger partial charge in [-0.05, 0) is 79.2 Å². The molecule has 5 rings (SSSR count). The zero-order valence-corrected chi connectivity index (χ0v) is 22.4. The van der Waals surface area contributed by atoms with Crippen LogP contribution in [0.25, 0.3) is 16.9 Å². The van der Waals surface area contributed by atoms with Crippen LogP contribution in [0.4, 0.5) is 5.82 Å². The Labute approximate surface area is 236 Å². The minimum atomic E-state index is -0.504. The summed E-state index contributed by atoms with van der Waals surface area (Å²) in [5.41, 5.74) is 3.72. The Kier molecular flexibility index (Phi) is 8.06. The fourth-order valence-electron chi connectivity index (χ4n) is 3.83. The van der Waals surface area contributed by atoms with E-state index in [-0.39, 0.29) is 0 Å². The maximum atomic E-state index is 12.6. The highest BCUT2D eigenvalue weighted by molar-refractivity contribution is 6.31. The quantitative estimate of drug-likeness (QED) is 0.110. The molecular weight excluding hydrogens is 533 g/mol. The van der Waals surface area contributed by atoms with Crippen LogP contribution in [0.2, 0.25) is 10.0 Å². The van der Waals surface area contributed by atoms with Gasteiger partial charge >= 0.3 is 5.97 Å². The fraction of sp³-hybridized carbons (Fsp3) is 0.0645. The molecule has 0 radical (unpaired) electrons. The van der Waals surface area contributed by atoms with Gasteiger partial charge in [0, 0.05) is 27.9 Å². The third-order valence-electron chi connectivity index (χ3n) is 5.73. The maximum Gasteiger partial charge on any atom is 0.343 e. The van der Waals surface area contributed by atoms with Gasteiger partial charge in [-0.15, -0.1) is 0 Å². The first-order valence-corrected chi connectivity index (χ1v) is 13.0. The Bertz CT molecular complexity index is 1610. The van der Waals surface area contributed by atoms with Crippen LogP contribution < -0.4 is 9.47 Å². The van der Waals surface area contributed by atoms with Gasteiger partial charge in [-0.2, -0.15) is 5.10 Å². The Balaban J connectivity index is 1.44. The number of rotatable bonds is 8. The second kappa shape index (κ2) is 12.0. The van der Waals surface area contributed by atoms with Gasteiger partial charge in [0.2, 0.25) is 0 Å². The number of carbonyl (C=O) groups excluding carboxylic acids is 1. The van der Waals surface area contributed by atoms with Crippen molar-refractivity contribution in [2.45, 2.75) is 6.92 Å². The lowest BCUT2D eigenvalue weighted by atomic mass is 10.1. The molecule has 0 aliphatic carbocycles. The number of aliphatic imine (C=N–C) groups is 1. The molecule has 6 nitrogen and oxygen atoms in total. The van der Waals surface area contributed by atoms with E-state index in [1.54, 1.807) is 53.4 Å². The Hall–Kier alpha value is -4.39. The van der Waals surface area contributed by atoms with Crippen molar-refractivity contribution in [1.29, 1.82) is 0 Å². The van der Waals surface area contributed by atoms with Crippen molar-refractivity contribution >= 4 is 41.2 Å². The molecule has 1 aromatic heterocycles. The minimum absolute atomic E-state index is 0.313. The lowest BCUT2D eigenvalue weighted by Gasteiger charge is -2.11. The summed E-state index contributed by atoms with van der Waals surface area (Å²) in [5, 5.41) is 5.99. The molecule has 4 aromatic carbocycles. The monoisotopic (exact) mass is 555 g/mol. The van der Waals surface area contributed by atoms with Gasteiger partial charge in [-0.1, -0.05) is 53.5 Å². The van der Waals surface area contributed by atoms with Crippen LogP contribution in [0.3, 0.4) is 0 Å². The van der Waals surface area contributed by atoms with Gasteiger partial charge < -0.3 is 9.47 Å². The van der Waals surface area contributed by atoms with E-state index in [1.165, 1.54) is 0 Å². The molecule has 8 heteroatoms. The number of nitrogens with zero attached hydrogens (tertiary/aromatic N) is 3. The van der Waals surface area contributed by atoms with Gasteiger partial charge in [0.15, 0.2) is 17.3 Å². The third kappa shape index (κ3) is 6.37. The van der Waals surface area contributed by atoms with E-state index in [1.807, 2.05) is 67.6 Å². The summed E-state index contributed by atoms with van der Waals surface area (Å²) in [6, 6.07) is 31.0. The zero-order valence-electron chi connectivity index (χ0n) is 20.9. The molecule has 0 atom stereocenters. The van der Waals surface area contributed by atoms with Crippen LogP contribution in [0.1, 0.15) is 22.8 Å². The molecule has 5 aromatic rings. The largest absolute Gasteiger partial charge is 0.490 e. The normalized spacial score (nSPS) is 11.1. The van der Waals surface area contributed by atoms with Crippen molar-refractivity contribution in [2.75, 3.05) is 6.61 Å². The highest BCUT2D eigenvalue weighted by Crippen LogP contribution is 2.31. The average Bonchev–Trinajstić information content (AvgIpc) is 3.39. The van der Waals surface area contributed by atoms with Crippen LogP contribution in [0, 0.1) is 0 Å². The summed E-state index contributed by atoms with van der Waals surface area (Å²) in [6.45, 7) is 2.26. The number of carbonyl (C=O) groups is 1. The molecule has 0 unspecified atom stereocenters. The summed E-state index contributed by atoms with van der Waals surface area (Å²) < 4.78 is 13.2. The standard InChI is InChI=1S/C31H23Cl2N3O3/c1-2-38-29-18-21(8-17-28(29)39-31(37)23-11-15-25(33)16-12-23)20-34-30-19-27(22-9-13-24(32)14-10-22)35-36(30)26-6-4-3-5-7-26/h3-20H,2H2,1H3. The molecule has 0 aliphatic heterocycles. The lowest BCUT2D eigenvalue weighted by Crippen LogP contribution is -2.09. The van der Waals surface area contributed by atoms with Gasteiger partial charge in [0.1, 0.15) is 0 Å². The van der Waals surface area contributed by atoms with Gasteiger partial charge in [-0.3, -0.25) is 0 Å². The molecule has 0 fully saturated rings. The lowest BCUT2D eigenvalue weighted by molar-refractivity contribution is 0.0728. The summed E-state index contributed by atoms with van der Waals surface area (Å²) in [4.78, 5) is 17.4. The smallest absolute Gasteiger partial charge is 0.343 e. The number of ether oxygens (including phenoxy) is 2. The van der Waals surface area contributed by atoms with Crippen LogP contribution in [-0.4, -0.2) is 28.6 Å². The van der Waals surface area contributed by atoms with Crippen LogP contribution in [0.15, 0.2) is 108 Å². The predicted octanol–water partition coefficient (Wildman–Crippen LogP) is 8.21.